The molecular weight excluding hydrogens is 218 g/mol. The standard InChI is InChI=1S/C8H15N3O5/c9-7-16-10-8(15-6-5-14)11(1-3-12)2-4-13/h12-14H,1-6H2/b10-8-. The van der Waals surface area contributed by atoms with E-state index < -0.39 is 0 Å². The van der Waals surface area contributed by atoms with Crippen molar-refractivity contribution in [3.63, 3.8) is 0 Å². The first-order chi connectivity index (χ1) is 7.79. The Balaban J connectivity index is 4.46. The van der Waals surface area contributed by atoms with E-state index in [1.165, 1.54) is 11.2 Å². The quantitative estimate of drug-likeness (QED) is 0.202. The second-order valence-corrected chi connectivity index (χ2v) is 2.56. The van der Waals surface area contributed by atoms with Gasteiger partial charge in [0.25, 0.3) is 0 Å². The number of aliphatic hydroxyl groups is 3. The van der Waals surface area contributed by atoms with Crippen LogP contribution in [0.1, 0.15) is 0 Å². The Morgan fingerprint density at radius 3 is 2.25 bits per heavy atom. The van der Waals surface area contributed by atoms with E-state index in [9.17, 15) is 0 Å². The molecule has 0 aromatic heterocycles. The van der Waals surface area contributed by atoms with Gasteiger partial charge in [-0.05, 0) is 5.16 Å². The fourth-order valence-electron chi connectivity index (χ4n) is 0.916. The second-order valence-electron chi connectivity index (χ2n) is 2.56. The van der Waals surface area contributed by atoms with Gasteiger partial charge < -0.3 is 25.0 Å². The van der Waals surface area contributed by atoms with Crippen molar-refractivity contribution in [2.24, 2.45) is 5.16 Å². The van der Waals surface area contributed by atoms with Gasteiger partial charge in [-0.2, -0.15) is 0 Å². The first-order valence-corrected chi connectivity index (χ1v) is 4.63. The Morgan fingerprint density at radius 1 is 1.19 bits per heavy atom. The van der Waals surface area contributed by atoms with E-state index in [2.05, 4.69) is 9.99 Å². The number of hydrogen-bond acceptors (Lipinski definition) is 7. The van der Waals surface area contributed by atoms with E-state index in [-0.39, 0.29) is 45.5 Å². The first kappa shape index (κ1) is 14.4. The number of hydrogen-bond donors (Lipinski definition) is 3. The summed E-state index contributed by atoms with van der Waals surface area (Å²) in [6.07, 6.45) is 1.33. The van der Waals surface area contributed by atoms with Crippen LogP contribution in [0.25, 0.3) is 0 Å². The minimum Gasteiger partial charge on any atom is -0.460 e. The van der Waals surface area contributed by atoms with Gasteiger partial charge in [-0.15, -0.1) is 5.26 Å². The van der Waals surface area contributed by atoms with Crippen LogP contribution in [0.4, 0.5) is 0 Å². The Kier molecular flexibility index (Phi) is 9.00. The van der Waals surface area contributed by atoms with E-state index in [0.717, 1.165) is 0 Å². The van der Waals surface area contributed by atoms with Gasteiger partial charge in [0.1, 0.15) is 6.61 Å². The molecule has 0 spiro atoms. The molecule has 3 N–H and O–H groups in total. The molecule has 0 bridgehead atoms. The van der Waals surface area contributed by atoms with Crippen LogP contribution in [-0.2, 0) is 9.57 Å². The average molecular weight is 233 g/mol. The van der Waals surface area contributed by atoms with E-state index >= 15 is 0 Å². The smallest absolute Gasteiger partial charge is 0.328 e. The maximum absolute atomic E-state index is 8.77. The maximum atomic E-state index is 8.77. The minimum absolute atomic E-state index is 0.0268. The molecule has 16 heavy (non-hydrogen) atoms. The molecule has 0 radical (unpaired) electrons. The van der Waals surface area contributed by atoms with Gasteiger partial charge in [0.2, 0.25) is 0 Å². The van der Waals surface area contributed by atoms with E-state index in [4.69, 9.17) is 25.3 Å². The highest BCUT2D eigenvalue weighted by atomic mass is 16.6. The molecule has 0 aromatic carbocycles. The number of aliphatic hydroxyl groups excluding tert-OH is 3. The normalized spacial score (nSPS) is 10.8. The molecular formula is C8H15N3O5. The largest absolute Gasteiger partial charge is 0.460 e. The van der Waals surface area contributed by atoms with Gasteiger partial charge in [0.15, 0.2) is 0 Å². The SMILES string of the molecule is N#CO/N=C(\OCCO)N(CCO)CCO. The van der Waals surface area contributed by atoms with Crippen molar-refractivity contribution >= 4 is 6.02 Å². The van der Waals surface area contributed by atoms with Crippen molar-refractivity contribution in [1.29, 1.82) is 5.26 Å². The topological polar surface area (TPSA) is 119 Å². The molecule has 0 aromatic rings. The number of oxime groups is 1. The monoisotopic (exact) mass is 233 g/mol. The fraction of sp³-hybridized carbons (Fsp3) is 0.750. The van der Waals surface area contributed by atoms with Gasteiger partial charge in [-0.25, -0.2) is 0 Å². The van der Waals surface area contributed by atoms with Crippen molar-refractivity contribution in [1.82, 2.24) is 4.90 Å². The Hall–Kier alpha value is -1.56. The lowest BCUT2D eigenvalue weighted by Crippen LogP contribution is -2.38. The van der Waals surface area contributed by atoms with Crippen molar-refractivity contribution in [2.45, 2.75) is 0 Å². The third-order valence-electron chi connectivity index (χ3n) is 1.50. The van der Waals surface area contributed by atoms with Gasteiger partial charge in [-0.1, -0.05) is 0 Å². The molecule has 0 unspecified atom stereocenters. The predicted octanol–water partition coefficient (Wildman–Crippen LogP) is -1.95. The maximum Gasteiger partial charge on any atom is 0.328 e. The number of nitrogens with zero attached hydrogens (tertiary/aromatic N) is 3. The molecule has 0 aliphatic heterocycles. The summed E-state index contributed by atoms with van der Waals surface area (Å²) in [7, 11) is 0. The molecule has 8 heteroatoms. The summed E-state index contributed by atoms with van der Waals surface area (Å²) in [5.74, 6) is 0. The molecule has 8 nitrogen and oxygen atoms in total. The Morgan fingerprint density at radius 2 is 1.81 bits per heavy atom. The molecule has 0 amide bonds. The van der Waals surface area contributed by atoms with Crippen LogP contribution in [0, 0.1) is 11.5 Å². The lowest BCUT2D eigenvalue weighted by atomic mass is 10.5. The molecule has 0 aliphatic rings. The van der Waals surface area contributed by atoms with Gasteiger partial charge in [0, 0.05) is 13.1 Å². The second kappa shape index (κ2) is 9.97. The average Bonchev–Trinajstić information content (AvgIpc) is 2.29. The Labute approximate surface area is 92.9 Å². The Bertz CT molecular complexity index is 234. The highest BCUT2D eigenvalue weighted by Gasteiger charge is 2.12. The summed E-state index contributed by atoms with van der Waals surface area (Å²) in [6, 6.07) is -0.0706. The summed E-state index contributed by atoms with van der Waals surface area (Å²) in [5, 5.41) is 37.7. The number of nitriles is 1. The lowest BCUT2D eigenvalue weighted by molar-refractivity contribution is 0.131. The lowest BCUT2D eigenvalue weighted by Gasteiger charge is -2.22. The van der Waals surface area contributed by atoms with Crippen LogP contribution >= 0.6 is 0 Å². The number of rotatable bonds is 7. The highest BCUT2D eigenvalue weighted by molar-refractivity contribution is 5.73. The summed E-state index contributed by atoms with van der Waals surface area (Å²) in [6.45, 7) is -0.264. The van der Waals surface area contributed by atoms with Crippen molar-refractivity contribution in [3.8, 4) is 6.26 Å². The zero-order valence-corrected chi connectivity index (χ0v) is 8.74. The van der Waals surface area contributed by atoms with E-state index in [0.29, 0.717) is 0 Å². The van der Waals surface area contributed by atoms with Gasteiger partial charge >= 0.3 is 12.3 Å². The van der Waals surface area contributed by atoms with Crippen LogP contribution in [0.2, 0.25) is 0 Å². The molecule has 92 valence electrons. The molecule has 0 saturated carbocycles. The van der Waals surface area contributed by atoms with Gasteiger partial charge in [0.05, 0.1) is 19.8 Å². The summed E-state index contributed by atoms with van der Waals surface area (Å²) in [5.41, 5.74) is 0. The predicted molar refractivity (Wildman–Crippen MR) is 52.9 cm³/mol. The molecule has 0 heterocycles. The van der Waals surface area contributed by atoms with Crippen molar-refractivity contribution < 1.29 is 24.9 Å². The third kappa shape index (κ3) is 6.02. The van der Waals surface area contributed by atoms with Crippen molar-refractivity contribution in [2.75, 3.05) is 39.5 Å². The highest BCUT2D eigenvalue weighted by Crippen LogP contribution is 1.95. The van der Waals surface area contributed by atoms with E-state index in [1.807, 2.05) is 0 Å². The fourth-order valence-corrected chi connectivity index (χ4v) is 0.916. The van der Waals surface area contributed by atoms with Crippen molar-refractivity contribution in [3.05, 3.63) is 0 Å². The summed E-state index contributed by atoms with van der Waals surface area (Å²) in [4.78, 5) is 5.53. The van der Waals surface area contributed by atoms with Crippen LogP contribution in [0.5, 0.6) is 0 Å². The molecule has 0 saturated heterocycles. The van der Waals surface area contributed by atoms with Crippen LogP contribution in [0.3, 0.4) is 0 Å². The minimum atomic E-state index is -0.225. The molecule has 0 rings (SSSR count). The first-order valence-electron chi connectivity index (χ1n) is 4.63. The van der Waals surface area contributed by atoms with E-state index in [1.54, 1.807) is 0 Å². The van der Waals surface area contributed by atoms with Crippen LogP contribution < -0.4 is 0 Å². The molecule has 0 fully saturated rings. The van der Waals surface area contributed by atoms with Gasteiger partial charge in [-0.3, -0.25) is 4.84 Å². The third-order valence-corrected chi connectivity index (χ3v) is 1.50. The molecule has 0 aliphatic carbocycles. The zero-order chi connectivity index (χ0) is 12.2. The molecule has 0 atom stereocenters. The number of amidine groups is 1. The summed E-state index contributed by atoms with van der Waals surface area (Å²) < 4.78 is 4.99. The van der Waals surface area contributed by atoms with Crippen LogP contribution in [-0.4, -0.2) is 65.8 Å². The van der Waals surface area contributed by atoms with Crippen LogP contribution in [0.15, 0.2) is 5.16 Å². The number of ether oxygens (including phenoxy) is 1. The zero-order valence-electron chi connectivity index (χ0n) is 8.74. The summed E-state index contributed by atoms with van der Waals surface area (Å²) >= 11 is 0.